The molecule has 1 aromatic heterocycles. The molecule has 1 aliphatic carbocycles. The van der Waals surface area contributed by atoms with Crippen molar-refractivity contribution in [3.8, 4) is 0 Å². The van der Waals surface area contributed by atoms with E-state index in [2.05, 4.69) is 17.2 Å². The van der Waals surface area contributed by atoms with Crippen LogP contribution < -0.4 is 11.1 Å². The van der Waals surface area contributed by atoms with E-state index in [4.69, 9.17) is 5.73 Å². The largest absolute Gasteiger partial charge is 0.348 e. The number of aryl methyl sites for hydroxylation is 1. The molecule has 0 aromatic carbocycles. The fraction of sp³-hybridized carbons (Fsp3) is 0.692. The standard InChI is InChI=1S/C13H21N3OS/c1-2-10-8-15-11(18-10)9-16-12(17)13(14)6-4-3-5-7-13/h8H,2-7,9,14H2,1H3,(H,16,17). The van der Waals surface area contributed by atoms with E-state index in [1.54, 1.807) is 11.3 Å². The number of nitrogens with one attached hydrogen (secondary N) is 1. The number of nitrogens with two attached hydrogens (primary N) is 1. The van der Waals surface area contributed by atoms with Crippen molar-refractivity contribution in [1.82, 2.24) is 10.3 Å². The van der Waals surface area contributed by atoms with E-state index < -0.39 is 5.54 Å². The Morgan fingerprint density at radius 3 is 2.83 bits per heavy atom. The first-order chi connectivity index (χ1) is 8.64. The highest BCUT2D eigenvalue weighted by atomic mass is 32.1. The van der Waals surface area contributed by atoms with Gasteiger partial charge in [0.15, 0.2) is 0 Å². The summed E-state index contributed by atoms with van der Waals surface area (Å²) < 4.78 is 0. The van der Waals surface area contributed by atoms with Crippen LogP contribution in [0.5, 0.6) is 0 Å². The van der Waals surface area contributed by atoms with Crippen molar-refractivity contribution in [2.75, 3.05) is 0 Å². The molecule has 0 radical (unpaired) electrons. The molecule has 0 atom stereocenters. The van der Waals surface area contributed by atoms with Crippen LogP contribution in [0, 0.1) is 0 Å². The Morgan fingerprint density at radius 1 is 1.50 bits per heavy atom. The van der Waals surface area contributed by atoms with E-state index >= 15 is 0 Å². The molecule has 2 rings (SSSR count). The van der Waals surface area contributed by atoms with Crippen molar-refractivity contribution in [3.05, 3.63) is 16.1 Å². The van der Waals surface area contributed by atoms with Crippen molar-refractivity contribution in [2.24, 2.45) is 5.73 Å². The van der Waals surface area contributed by atoms with Crippen molar-refractivity contribution >= 4 is 17.2 Å². The van der Waals surface area contributed by atoms with Gasteiger partial charge in [-0.2, -0.15) is 0 Å². The minimum Gasteiger partial charge on any atom is -0.348 e. The van der Waals surface area contributed by atoms with Gasteiger partial charge >= 0.3 is 0 Å². The monoisotopic (exact) mass is 267 g/mol. The maximum atomic E-state index is 12.1. The molecule has 0 aliphatic heterocycles. The summed E-state index contributed by atoms with van der Waals surface area (Å²) in [5, 5.41) is 3.89. The number of hydrogen-bond acceptors (Lipinski definition) is 4. The maximum Gasteiger partial charge on any atom is 0.240 e. The zero-order valence-corrected chi connectivity index (χ0v) is 11.7. The quantitative estimate of drug-likeness (QED) is 0.876. The maximum absolute atomic E-state index is 12.1. The van der Waals surface area contributed by atoms with E-state index in [0.29, 0.717) is 6.54 Å². The van der Waals surface area contributed by atoms with Crippen LogP contribution in [0.25, 0.3) is 0 Å². The lowest BCUT2D eigenvalue weighted by Crippen LogP contribution is -2.54. The first-order valence-electron chi connectivity index (χ1n) is 6.65. The average molecular weight is 267 g/mol. The van der Waals surface area contributed by atoms with Gasteiger partial charge in [0.1, 0.15) is 5.01 Å². The molecule has 1 amide bonds. The summed E-state index contributed by atoms with van der Waals surface area (Å²) in [5.74, 6) is -0.0181. The van der Waals surface area contributed by atoms with Crippen LogP contribution in [-0.4, -0.2) is 16.4 Å². The first kappa shape index (κ1) is 13.5. The van der Waals surface area contributed by atoms with Crippen LogP contribution in [-0.2, 0) is 17.8 Å². The highest BCUT2D eigenvalue weighted by Gasteiger charge is 2.34. The number of rotatable bonds is 4. The molecule has 0 bridgehead atoms. The molecule has 0 saturated heterocycles. The second kappa shape index (κ2) is 5.80. The lowest BCUT2D eigenvalue weighted by Gasteiger charge is -2.31. The average Bonchev–Trinajstić information content (AvgIpc) is 2.84. The number of nitrogens with zero attached hydrogens (tertiary/aromatic N) is 1. The van der Waals surface area contributed by atoms with E-state index in [1.807, 2.05) is 6.20 Å². The number of thiazole rings is 1. The third-order valence-electron chi connectivity index (χ3n) is 3.55. The van der Waals surface area contributed by atoms with Gasteiger partial charge in [0.25, 0.3) is 0 Å². The molecule has 3 N–H and O–H groups in total. The van der Waals surface area contributed by atoms with Gasteiger partial charge in [0.05, 0.1) is 12.1 Å². The molecule has 0 spiro atoms. The van der Waals surface area contributed by atoms with Gasteiger partial charge in [0.2, 0.25) is 5.91 Å². The van der Waals surface area contributed by atoms with E-state index in [-0.39, 0.29) is 5.91 Å². The number of carbonyl (C=O) groups excluding carboxylic acids is 1. The topological polar surface area (TPSA) is 68.0 Å². The lowest BCUT2D eigenvalue weighted by atomic mass is 9.82. The number of amides is 1. The van der Waals surface area contributed by atoms with E-state index in [0.717, 1.165) is 37.1 Å². The van der Waals surface area contributed by atoms with Crippen LogP contribution in [0.1, 0.15) is 48.9 Å². The smallest absolute Gasteiger partial charge is 0.240 e. The van der Waals surface area contributed by atoms with Crippen molar-refractivity contribution < 1.29 is 4.79 Å². The molecule has 18 heavy (non-hydrogen) atoms. The van der Waals surface area contributed by atoms with Gasteiger partial charge in [-0.15, -0.1) is 11.3 Å². The Balaban J connectivity index is 1.87. The number of carbonyl (C=O) groups is 1. The number of aromatic nitrogens is 1. The molecule has 1 saturated carbocycles. The fourth-order valence-corrected chi connectivity index (χ4v) is 3.14. The molecular formula is C13H21N3OS. The van der Waals surface area contributed by atoms with Crippen molar-refractivity contribution in [3.63, 3.8) is 0 Å². The predicted octanol–water partition coefficient (Wildman–Crippen LogP) is 1.98. The summed E-state index contributed by atoms with van der Waals surface area (Å²) in [5.41, 5.74) is 5.52. The predicted molar refractivity (Wildman–Crippen MR) is 73.3 cm³/mol. The highest BCUT2D eigenvalue weighted by molar-refractivity contribution is 7.11. The second-order valence-electron chi connectivity index (χ2n) is 4.97. The van der Waals surface area contributed by atoms with Gasteiger partial charge < -0.3 is 11.1 Å². The summed E-state index contributed by atoms with van der Waals surface area (Å²) in [6.07, 6.45) is 7.78. The molecule has 1 aromatic rings. The van der Waals surface area contributed by atoms with Crippen LogP contribution in [0.4, 0.5) is 0 Å². The van der Waals surface area contributed by atoms with Gasteiger partial charge in [-0.05, 0) is 19.3 Å². The highest BCUT2D eigenvalue weighted by Crippen LogP contribution is 2.26. The molecule has 0 unspecified atom stereocenters. The zero-order chi connectivity index (χ0) is 13.0. The summed E-state index contributed by atoms with van der Waals surface area (Å²) >= 11 is 1.65. The Kier molecular flexibility index (Phi) is 4.35. The Bertz CT molecular complexity index is 410. The molecule has 1 aliphatic rings. The summed E-state index contributed by atoms with van der Waals surface area (Å²) in [7, 11) is 0. The molecule has 1 heterocycles. The Labute approximate surface area is 112 Å². The first-order valence-corrected chi connectivity index (χ1v) is 7.46. The van der Waals surface area contributed by atoms with Gasteiger partial charge in [-0.1, -0.05) is 26.2 Å². The molecular weight excluding hydrogens is 246 g/mol. The summed E-state index contributed by atoms with van der Waals surface area (Å²) in [6, 6.07) is 0. The van der Waals surface area contributed by atoms with Crippen LogP contribution >= 0.6 is 11.3 Å². The minimum absolute atomic E-state index is 0.0181. The normalized spacial score (nSPS) is 18.6. The van der Waals surface area contributed by atoms with E-state index in [1.165, 1.54) is 11.3 Å². The van der Waals surface area contributed by atoms with E-state index in [9.17, 15) is 4.79 Å². The van der Waals surface area contributed by atoms with Crippen molar-refractivity contribution in [1.29, 1.82) is 0 Å². The van der Waals surface area contributed by atoms with Gasteiger partial charge in [-0.3, -0.25) is 4.79 Å². The van der Waals surface area contributed by atoms with Crippen LogP contribution in [0.3, 0.4) is 0 Å². The SMILES string of the molecule is CCc1cnc(CNC(=O)C2(N)CCCCC2)s1. The summed E-state index contributed by atoms with van der Waals surface area (Å²) in [6.45, 7) is 2.61. The molecule has 4 nitrogen and oxygen atoms in total. The minimum atomic E-state index is -0.650. The van der Waals surface area contributed by atoms with Gasteiger partial charge in [0, 0.05) is 11.1 Å². The van der Waals surface area contributed by atoms with Crippen LogP contribution in [0.2, 0.25) is 0 Å². The summed E-state index contributed by atoms with van der Waals surface area (Å²) in [4.78, 5) is 17.6. The lowest BCUT2D eigenvalue weighted by molar-refractivity contribution is -0.127. The van der Waals surface area contributed by atoms with Crippen LogP contribution in [0.15, 0.2) is 6.20 Å². The Morgan fingerprint density at radius 2 is 2.22 bits per heavy atom. The second-order valence-corrected chi connectivity index (χ2v) is 6.17. The fourth-order valence-electron chi connectivity index (χ4n) is 2.33. The zero-order valence-electron chi connectivity index (χ0n) is 10.9. The van der Waals surface area contributed by atoms with Gasteiger partial charge in [-0.25, -0.2) is 4.98 Å². The third kappa shape index (κ3) is 3.09. The van der Waals surface area contributed by atoms with Crippen molar-refractivity contribution in [2.45, 2.75) is 57.5 Å². The Hall–Kier alpha value is -0.940. The number of hydrogen-bond donors (Lipinski definition) is 2. The molecule has 1 fully saturated rings. The molecule has 5 heteroatoms. The third-order valence-corrected chi connectivity index (χ3v) is 4.69. The molecule has 100 valence electrons.